The molecular formula is C13H23N3O. The molecule has 4 heteroatoms. The maximum Gasteiger partial charge on any atom is 0.180 e. The van der Waals surface area contributed by atoms with Crippen LogP contribution in [0.3, 0.4) is 0 Å². The largest absolute Gasteiger partial charge is 0.447 e. The van der Waals surface area contributed by atoms with Crippen LogP contribution < -0.4 is 10.6 Å². The highest BCUT2D eigenvalue weighted by molar-refractivity contribution is 5.00. The predicted octanol–water partition coefficient (Wildman–Crippen LogP) is 2.07. The van der Waals surface area contributed by atoms with Crippen molar-refractivity contribution in [2.45, 2.75) is 64.2 Å². The second-order valence-corrected chi connectivity index (χ2v) is 6.35. The fourth-order valence-electron chi connectivity index (χ4n) is 3.04. The van der Waals surface area contributed by atoms with Crippen molar-refractivity contribution in [2.24, 2.45) is 0 Å². The lowest BCUT2D eigenvalue weighted by molar-refractivity contribution is 0.144. The van der Waals surface area contributed by atoms with Gasteiger partial charge in [0.25, 0.3) is 0 Å². The molecule has 0 atom stereocenters. The molecule has 0 unspecified atom stereocenters. The predicted molar refractivity (Wildman–Crippen MR) is 67.7 cm³/mol. The smallest absolute Gasteiger partial charge is 0.180 e. The SMILES string of the molecule is CC1(C)CC(NCc2cnco2)CC(C)(C)N1. The first-order valence-corrected chi connectivity index (χ1v) is 6.26. The number of oxazole rings is 1. The van der Waals surface area contributed by atoms with Crippen molar-refractivity contribution in [3.8, 4) is 0 Å². The fourth-order valence-corrected chi connectivity index (χ4v) is 3.04. The molecule has 1 aliphatic rings. The molecule has 0 bridgehead atoms. The van der Waals surface area contributed by atoms with Gasteiger partial charge in [0.2, 0.25) is 0 Å². The lowest BCUT2D eigenvalue weighted by atomic mass is 9.79. The van der Waals surface area contributed by atoms with Crippen molar-refractivity contribution in [2.75, 3.05) is 0 Å². The summed E-state index contributed by atoms with van der Waals surface area (Å²) in [6, 6.07) is 0.520. The Morgan fingerprint density at radius 3 is 2.53 bits per heavy atom. The second-order valence-electron chi connectivity index (χ2n) is 6.35. The maximum atomic E-state index is 5.24. The molecule has 96 valence electrons. The van der Waals surface area contributed by atoms with Crippen LogP contribution in [0.1, 0.15) is 46.3 Å². The number of rotatable bonds is 3. The summed E-state index contributed by atoms with van der Waals surface area (Å²) in [4.78, 5) is 3.92. The Bertz CT molecular complexity index is 341. The van der Waals surface area contributed by atoms with Crippen LogP contribution in [0.4, 0.5) is 0 Å². The number of piperidine rings is 1. The Labute approximate surface area is 103 Å². The van der Waals surface area contributed by atoms with Gasteiger partial charge in [-0.25, -0.2) is 4.98 Å². The summed E-state index contributed by atoms with van der Waals surface area (Å²) >= 11 is 0. The van der Waals surface area contributed by atoms with Crippen LogP contribution in [-0.4, -0.2) is 22.1 Å². The monoisotopic (exact) mass is 237 g/mol. The molecule has 1 saturated heterocycles. The number of hydrogen-bond donors (Lipinski definition) is 2. The van der Waals surface area contributed by atoms with Crippen molar-refractivity contribution in [3.05, 3.63) is 18.4 Å². The molecule has 0 aromatic carbocycles. The van der Waals surface area contributed by atoms with E-state index in [1.54, 1.807) is 6.20 Å². The first-order valence-electron chi connectivity index (χ1n) is 6.26. The minimum atomic E-state index is 0.181. The molecule has 0 spiro atoms. The van der Waals surface area contributed by atoms with Crippen molar-refractivity contribution in [1.29, 1.82) is 0 Å². The molecule has 0 aliphatic carbocycles. The Morgan fingerprint density at radius 1 is 1.35 bits per heavy atom. The molecule has 2 N–H and O–H groups in total. The lowest BCUT2D eigenvalue weighted by Gasteiger charge is -2.46. The van der Waals surface area contributed by atoms with E-state index in [1.165, 1.54) is 6.39 Å². The molecule has 1 aliphatic heterocycles. The topological polar surface area (TPSA) is 50.1 Å². The third-order valence-corrected chi connectivity index (χ3v) is 3.24. The zero-order valence-corrected chi connectivity index (χ0v) is 11.2. The Morgan fingerprint density at radius 2 is 2.00 bits per heavy atom. The summed E-state index contributed by atoms with van der Waals surface area (Å²) in [6.45, 7) is 9.80. The molecule has 17 heavy (non-hydrogen) atoms. The summed E-state index contributed by atoms with van der Waals surface area (Å²) in [5, 5.41) is 7.24. The Hall–Kier alpha value is -0.870. The van der Waals surface area contributed by atoms with E-state index in [-0.39, 0.29) is 11.1 Å². The molecule has 0 amide bonds. The molecule has 0 radical (unpaired) electrons. The first-order chi connectivity index (χ1) is 7.86. The molecule has 2 rings (SSSR count). The van der Waals surface area contributed by atoms with E-state index in [0.29, 0.717) is 6.04 Å². The first kappa shape index (κ1) is 12.6. The molecule has 1 aromatic rings. The molecule has 1 aromatic heterocycles. The summed E-state index contributed by atoms with van der Waals surface area (Å²) in [7, 11) is 0. The van der Waals surface area contributed by atoms with Crippen molar-refractivity contribution in [3.63, 3.8) is 0 Å². The van der Waals surface area contributed by atoms with Crippen molar-refractivity contribution < 1.29 is 4.42 Å². The van der Waals surface area contributed by atoms with Gasteiger partial charge in [0.15, 0.2) is 6.39 Å². The third-order valence-electron chi connectivity index (χ3n) is 3.24. The zero-order chi connectivity index (χ0) is 12.5. The minimum absolute atomic E-state index is 0.181. The normalized spacial score (nSPS) is 23.8. The number of nitrogens with zero attached hydrogens (tertiary/aromatic N) is 1. The lowest BCUT2D eigenvalue weighted by Crippen LogP contribution is -2.61. The van der Waals surface area contributed by atoms with Gasteiger partial charge in [-0.1, -0.05) is 0 Å². The van der Waals surface area contributed by atoms with Crippen LogP contribution in [-0.2, 0) is 6.54 Å². The summed E-state index contributed by atoms with van der Waals surface area (Å²) in [5.41, 5.74) is 0.363. The van der Waals surface area contributed by atoms with Gasteiger partial charge in [0.1, 0.15) is 5.76 Å². The highest BCUT2D eigenvalue weighted by Gasteiger charge is 2.37. The third kappa shape index (κ3) is 3.54. The molecule has 1 fully saturated rings. The quantitative estimate of drug-likeness (QED) is 0.845. The zero-order valence-electron chi connectivity index (χ0n) is 11.2. The van der Waals surface area contributed by atoms with Crippen LogP contribution in [0.2, 0.25) is 0 Å². The maximum absolute atomic E-state index is 5.24. The van der Waals surface area contributed by atoms with E-state index in [1.807, 2.05) is 0 Å². The van der Waals surface area contributed by atoms with Gasteiger partial charge in [-0.3, -0.25) is 0 Å². The molecule has 4 nitrogen and oxygen atoms in total. The highest BCUT2D eigenvalue weighted by Crippen LogP contribution is 2.28. The van der Waals surface area contributed by atoms with Gasteiger partial charge in [-0.15, -0.1) is 0 Å². The van der Waals surface area contributed by atoms with Gasteiger partial charge in [0.05, 0.1) is 12.7 Å². The van der Waals surface area contributed by atoms with Gasteiger partial charge in [0, 0.05) is 17.1 Å². The summed E-state index contributed by atoms with van der Waals surface area (Å²) in [6.07, 6.45) is 5.51. The molecule has 2 heterocycles. The van der Waals surface area contributed by atoms with Gasteiger partial charge < -0.3 is 15.1 Å². The fraction of sp³-hybridized carbons (Fsp3) is 0.769. The van der Waals surface area contributed by atoms with Crippen LogP contribution in [0.15, 0.2) is 17.0 Å². The minimum Gasteiger partial charge on any atom is -0.447 e. The van der Waals surface area contributed by atoms with E-state index in [4.69, 9.17) is 4.42 Å². The number of aromatic nitrogens is 1. The standard InChI is InChI=1S/C13H23N3O/c1-12(2)5-10(6-13(3,4)16-12)15-8-11-7-14-9-17-11/h7,9-10,15-16H,5-6,8H2,1-4H3. The Balaban J connectivity index is 1.92. The van der Waals surface area contributed by atoms with Gasteiger partial charge in [-0.2, -0.15) is 0 Å². The van der Waals surface area contributed by atoms with E-state index in [9.17, 15) is 0 Å². The average molecular weight is 237 g/mol. The Kier molecular flexibility index (Phi) is 3.27. The van der Waals surface area contributed by atoms with Crippen LogP contribution in [0.25, 0.3) is 0 Å². The van der Waals surface area contributed by atoms with E-state index < -0.39 is 0 Å². The van der Waals surface area contributed by atoms with Gasteiger partial charge >= 0.3 is 0 Å². The van der Waals surface area contributed by atoms with Gasteiger partial charge in [-0.05, 0) is 40.5 Å². The van der Waals surface area contributed by atoms with Crippen molar-refractivity contribution in [1.82, 2.24) is 15.6 Å². The molecule has 0 saturated carbocycles. The average Bonchev–Trinajstić information content (AvgIpc) is 2.61. The van der Waals surface area contributed by atoms with Crippen LogP contribution >= 0.6 is 0 Å². The number of hydrogen-bond acceptors (Lipinski definition) is 4. The van der Waals surface area contributed by atoms with E-state index >= 15 is 0 Å². The van der Waals surface area contributed by atoms with Crippen LogP contribution in [0.5, 0.6) is 0 Å². The van der Waals surface area contributed by atoms with E-state index in [0.717, 1.165) is 25.1 Å². The molecular weight excluding hydrogens is 214 g/mol. The van der Waals surface area contributed by atoms with E-state index in [2.05, 4.69) is 43.3 Å². The van der Waals surface area contributed by atoms with Crippen molar-refractivity contribution >= 4 is 0 Å². The highest BCUT2D eigenvalue weighted by atomic mass is 16.3. The summed E-state index contributed by atoms with van der Waals surface area (Å²) in [5.74, 6) is 0.902. The summed E-state index contributed by atoms with van der Waals surface area (Å²) < 4.78 is 5.24. The number of nitrogens with one attached hydrogen (secondary N) is 2. The second kappa shape index (κ2) is 4.42. The van der Waals surface area contributed by atoms with Crippen LogP contribution in [0, 0.1) is 0 Å².